The van der Waals surface area contributed by atoms with Crippen LogP contribution in [0.3, 0.4) is 0 Å². The van der Waals surface area contributed by atoms with E-state index < -0.39 is 0 Å². The van der Waals surface area contributed by atoms with Gasteiger partial charge in [0.05, 0.1) is 7.11 Å². The molecule has 0 spiro atoms. The van der Waals surface area contributed by atoms with Gasteiger partial charge in [-0.2, -0.15) is 0 Å². The van der Waals surface area contributed by atoms with E-state index in [-0.39, 0.29) is 0 Å². The minimum absolute atomic E-state index is 0.807. The van der Waals surface area contributed by atoms with Gasteiger partial charge in [-0.15, -0.1) is 0 Å². The first kappa shape index (κ1) is 12.0. The molecule has 0 aromatic heterocycles. The molecule has 1 aromatic rings. The molecular formula is C16H23NO. The van der Waals surface area contributed by atoms with Crippen LogP contribution < -0.4 is 10.1 Å². The number of hydrogen-bond donors (Lipinski definition) is 1. The fourth-order valence-electron chi connectivity index (χ4n) is 3.69. The zero-order valence-corrected chi connectivity index (χ0v) is 11.2. The van der Waals surface area contributed by atoms with Gasteiger partial charge in [-0.3, -0.25) is 0 Å². The third kappa shape index (κ3) is 2.54. The third-order valence-corrected chi connectivity index (χ3v) is 4.72. The van der Waals surface area contributed by atoms with Gasteiger partial charge in [0.2, 0.25) is 0 Å². The molecule has 1 N–H and O–H groups in total. The summed E-state index contributed by atoms with van der Waals surface area (Å²) in [5.41, 5.74) is 1.39. The Morgan fingerprint density at radius 2 is 2.00 bits per heavy atom. The van der Waals surface area contributed by atoms with Crippen molar-refractivity contribution in [2.75, 3.05) is 13.7 Å². The number of benzene rings is 1. The van der Waals surface area contributed by atoms with Crippen LogP contribution in [0, 0.1) is 11.8 Å². The first-order valence-corrected chi connectivity index (χ1v) is 7.21. The van der Waals surface area contributed by atoms with Gasteiger partial charge in [0.15, 0.2) is 0 Å². The van der Waals surface area contributed by atoms with Gasteiger partial charge in [0, 0.05) is 6.04 Å². The molecule has 0 amide bonds. The standard InChI is InChI=1S/C16H23NO/c1-18-15-6-3-12(4-7-15)8-9-17-16-11-13-2-5-14(16)10-13/h3-4,6-7,13-14,16-17H,2,5,8-11H2,1H3/t13-,14-,16-/m0/s1. The Kier molecular flexibility index (Phi) is 3.55. The normalized spacial score (nSPS) is 29.7. The monoisotopic (exact) mass is 245 g/mol. The van der Waals surface area contributed by atoms with E-state index in [9.17, 15) is 0 Å². The van der Waals surface area contributed by atoms with Crippen LogP contribution in [0.25, 0.3) is 0 Å². The molecule has 2 nitrogen and oxygen atoms in total. The third-order valence-electron chi connectivity index (χ3n) is 4.72. The lowest BCUT2D eigenvalue weighted by Gasteiger charge is -2.22. The Balaban J connectivity index is 1.44. The van der Waals surface area contributed by atoms with E-state index in [1.54, 1.807) is 7.11 Å². The van der Waals surface area contributed by atoms with Crippen molar-refractivity contribution in [3.8, 4) is 5.75 Å². The summed E-state index contributed by atoms with van der Waals surface area (Å²) in [6.45, 7) is 1.11. The van der Waals surface area contributed by atoms with Crippen LogP contribution in [0.1, 0.15) is 31.2 Å². The van der Waals surface area contributed by atoms with Crippen LogP contribution in [0.2, 0.25) is 0 Å². The van der Waals surface area contributed by atoms with Crippen molar-refractivity contribution in [3.05, 3.63) is 29.8 Å². The largest absolute Gasteiger partial charge is 0.497 e. The highest BCUT2D eigenvalue weighted by atomic mass is 16.5. The van der Waals surface area contributed by atoms with Gasteiger partial charge in [0.25, 0.3) is 0 Å². The Morgan fingerprint density at radius 1 is 1.17 bits per heavy atom. The molecule has 0 radical (unpaired) electrons. The second-order valence-electron chi connectivity index (χ2n) is 5.83. The van der Waals surface area contributed by atoms with Crippen molar-refractivity contribution in [2.45, 2.75) is 38.1 Å². The highest BCUT2D eigenvalue weighted by Gasteiger charge is 2.38. The molecule has 3 rings (SSSR count). The molecule has 0 heterocycles. The lowest BCUT2D eigenvalue weighted by molar-refractivity contribution is 0.354. The van der Waals surface area contributed by atoms with Crippen molar-refractivity contribution in [3.63, 3.8) is 0 Å². The molecule has 2 aliphatic rings. The van der Waals surface area contributed by atoms with Crippen LogP contribution in [0.4, 0.5) is 0 Å². The van der Waals surface area contributed by atoms with Crippen molar-refractivity contribution in [1.29, 1.82) is 0 Å². The first-order valence-electron chi connectivity index (χ1n) is 7.21. The van der Waals surface area contributed by atoms with E-state index in [4.69, 9.17) is 4.74 Å². The highest BCUT2D eigenvalue weighted by molar-refractivity contribution is 5.27. The predicted octanol–water partition coefficient (Wildman–Crippen LogP) is 3.02. The summed E-state index contributed by atoms with van der Waals surface area (Å²) in [6, 6.07) is 9.24. The number of nitrogens with one attached hydrogen (secondary N) is 1. The number of rotatable bonds is 5. The number of hydrogen-bond acceptors (Lipinski definition) is 2. The van der Waals surface area contributed by atoms with Crippen molar-refractivity contribution in [1.82, 2.24) is 5.32 Å². The number of fused-ring (bicyclic) bond motifs is 2. The fraction of sp³-hybridized carbons (Fsp3) is 0.625. The smallest absolute Gasteiger partial charge is 0.118 e. The molecule has 2 bridgehead atoms. The minimum atomic E-state index is 0.807. The second kappa shape index (κ2) is 5.31. The molecule has 2 heteroatoms. The zero-order valence-electron chi connectivity index (χ0n) is 11.2. The Hall–Kier alpha value is -1.02. The van der Waals surface area contributed by atoms with E-state index in [0.29, 0.717) is 0 Å². The maximum Gasteiger partial charge on any atom is 0.118 e. The summed E-state index contributed by atoms with van der Waals surface area (Å²) in [7, 11) is 1.71. The van der Waals surface area contributed by atoms with Gasteiger partial charge in [-0.25, -0.2) is 0 Å². The average molecular weight is 245 g/mol. The molecule has 2 fully saturated rings. The second-order valence-corrected chi connectivity index (χ2v) is 5.83. The summed E-state index contributed by atoms with van der Waals surface area (Å²) in [5.74, 6) is 2.96. The summed E-state index contributed by atoms with van der Waals surface area (Å²) in [6.07, 6.45) is 6.98. The Labute approximate surface area is 110 Å². The molecule has 3 atom stereocenters. The van der Waals surface area contributed by atoms with Crippen molar-refractivity contribution in [2.24, 2.45) is 11.8 Å². The maximum atomic E-state index is 5.17. The molecule has 0 saturated heterocycles. The highest BCUT2D eigenvalue weighted by Crippen LogP contribution is 2.44. The van der Waals surface area contributed by atoms with E-state index in [1.165, 1.54) is 31.2 Å². The molecule has 2 saturated carbocycles. The lowest BCUT2D eigenvalue weighted by Crippen LogP contribution is -2.35. The van der Waals surface area contributed by atoms with E-state index in [2.05, 4.69) is 17.4 Å². The summed E-state index contributed by atoms with van der Waals surface area (Å²) in [4.78, 5) is 0. The molecule has 0 unspecified atom stereocenters. The van der Waals surface area contributed by atoms with E-state index in [1.807, 2.05) is 12.1 Å². The van der Waals surface area contributed by atoms with Crippen LogP contribution in [0.5, 0.6) is 5.75 Å². The molecule has 1 aromatic carbocycles. The summed E-state index contributed by atoms with van der Waals surface area (Å²) < 4.78 is 5.17. The fourth-order valence-corrected chi connectivity index (χ4v) is 3.69. The minimum Gasteiger partial charge on any atom is -0.497 e. The summed E-state index contributed by atoms with van der Waals surface area (Å²) >= 11 is 0. The van der Waals surface area contributed by atoms with Gasteiger partial charge in [0.1, 0.15) is 5.75 Å². The summed E-state index contributed by atoms with van der Waals surface area (Å²) in [5, 5.41) is 3.76. The predicted molar refractivity (Wildman–Crippen MR) is 73.9 cm³/mol. The Bertz CT molecular complexity index is 387. The molecule has 98 valence electrons. The lowest BCUT2D eigenvalue weighted by atomic mass is 9.95. The van der Waals surface area contributed by atoms with Gasteiger partial charge in [-0.05, 0) is 61.8 Å². The number of methoxy groups -OCH3 is 1. The van der Waals surface area contributed by atoms with E-state index in [0.717, 1.165) is 36.6 Å². The quantitative estimate of drug-likeness (QED) is 0.861. The topological polar surface area (TPSA) is 21.3 Å². The average Bonchev–Trinajstić information content (AvgIpc) is 3.02. The molecule has 18 heavy (non-hydrogen) atoms. The van der Waals surface area contributed by atoms with Crippen LogP contribution in [0.15, 0.2) is 24.3 Å². The van der Waals surface area contributed by atoms with Crippen molar-refractivity contribution < 1.29 is 4.74 Å². The van der Waals surface area contributed by atoms with Crippen LogP contribution in [-0.2, 0) is 6.42 Å². The Morgan fingerprint density at radius 3 is 2.61 bits per heavy atom. The van der Waals surface area contributed by atoms with Crippen LogP contribution >= 0.6 is 0 Å². The zero-order chi connectivity index (χ0) is 12.4. The first-order chi connectivity index (χ1) is 8.85. The van der Waals surface area contributed by atoms with Gasteiger partial charge < -0.3 is 10.1 Å². The van der Waals surface area contributed by atoms with E-state index >= 15 is 0 Å². The van der Waals surface area contributed by atoms with Gasteiger partial charge in [-0.1, -0.05) is 18.6 Å². The van der Waals surface area contributed by atoms with Crippen molar-refractivity contribution >= 4 is 0 Å². The van der Waals surface area contributed by atoms with Gasteiger partial charge >= 0.3 is 0 Å². The maximum absolute atomic E-state index is 5.17. The number of ether oxygens (including phenoxy) is 1. The molecule has 0 aliphatic heterocycles. The molecular weight excluding hydrogens is 222 g/mol. The SMILES string of the molecule is COc1ccc(CCN[C@H]2C[C@H]3CC[C@H]2C3)cc1. The van der Waals surface area contributed by atoms with Crippen LogP contribution in [-0.4, -0.2) is 19.7 Å². The molecule has 2 aliphatic carbocycles.